The molecule has 0 saturated heterocycles. The maximum Gasteiger partial charge on any atom is 0.254 e. The summed E-state index contributed by atoms with van der Waals surface area (Å²) in [7, 11) is 1.65. The van der Waals surface area contributed by atoms with Crippen molar-refractivity contribution in [1.29, 1.82) is 0 Å². The van der Waals surface area contributed by atoms with Crippen molar-refractivity contribution in [1.82, 2.24) is 9.88 Å². The molecule has 1 amide bonds. The van der Waals surface area contributed by atoms with E-state index in [0.29, 0.717) is 28.7 Å². The molecule has 0 aliphatic carbocycles. The molecular weight excluding hydrogens is 359 g/mol. The first-order valence-electron chi connectivity index (χ1n) is 7.98. The van der Waals surface area contributed by atoms with Crippen molar-refractivity contribution in [3.8, 4) is 5.75 Å². The summed E-state index contributed by atoms with van der Waals surface area (Å²) < 4.78 is 5.33. The fourth-order valence-corrected chi connectivity index (χ4v) is 3.60. The molecule has 1 N–H and O–H groups in total. The fourth-order valence-electron chi connectivity index (χ4n) is 3.31. The summed E-state index contributed by atoms with van der Waals surface area (Å²) in [6, 6.07) is 11.0. The predicted molar refractivity (Wildman–Crippen MR) is 99.8 cm³/mol. The quantitative estimate of drug-likeness (QED) is 0.707. The zero-order valence-corrected chi connectivity index (χ0v) is 15.1. The third kappa shape index (κ3) is 2.86. The van der Waals surface area contributed by atoms with E-state index in [2.05, 4.69) is 4.98 Å². The summed E-state index contributed by atoms with van der Waals surface area (Å²) in [5, 5.41) is 1.94. The van der Waals surface area contributed by atoms with E-state index in [1.165, 1.54) is 5.69 Å². The Kier molecular flexibility index (Phi) is 4.10. The van der Waals surface area contributed by atoms with Crippen LogP contribution < -0.4 is 4.74 Å². The van der Waals surface area contributed by atoms with Gasteiger partial charge in [-0.3, -0.25) is 4.79 Å². The minimum atomic E-state index is -0.0403. The van der Waals surface area contributed by atoms with Crippen molar-refractivity contribution in [3.05, 3.63) is 63.3 Å². The molecule has 0 atom stereocenters. The normalized spacial score (nSPS) is 13.8. The zero-order chi connectivity index (χ0) is 17.6. The number of aromatic amines is 1. The van der Waals surface area contributed by atoms with Crippen LogP contribution in [0.25, 0.3) is 10.9 Å². The van der Waals surface area contributed by atoms with E-state index in [0.717, 1.165) is 28.6 Å². The smallest absolute Gasteiger partial charge is 0.254 e. The number of benzene rings is 2. The highest BCUT2D eigenvalue weighted by Crippen LogP contribution is 2.31. The lowest BCUT2D eigenvalue weighted by atomic mass is 10.0. The molecule has 4 nitrogen and oxygen atoms in total. The Morgan fingerprint density at radius 1 is 1.16 bits per heavy atom. The number of rotatable bonds is 2. The number of carbonyl (C=O) groups is 1. The number of hydrogen-bond donors (Lipinski definition) is 1. The molecule has 0 unspecified atom stereocenters. The molecule has 0 fully saturated rings. The fraction of sp³-hybridized carbons (Fsp3) is 0.211. The average molecular weight is 375 g/mol. The molecule has 1 aromatic heterocycles. The summed E-state index contributed by atoms with van der Waals surface area (Å²) in [5.41, 5.74) is 3.94. The second kappa shape index (κ2) is 6.28. The molecule has 4 rings (SSSR count). The molecule has 1 aliphatic rings. The van der Waals surface area contributed by atoms with Crippen molar-refractivity contribution < 1.29 is 9.53 Å². The van der Waals surface area contributed by atoms with E-state index in [4.69, 9.17) is 27.9 Å². The van der Waals surface area contributed by atoms with Crippen LogP contribution in [0.3, 0.4) is 0 Å². The number of hydrogen-bond acceptors (Lipinski definition) is 2. The SMILES string of the molecule is COc1ccc2[nH]c3c(c2c1)CN(C(=O)c1ccc(Cl)c(Cl)c1)CC3. The molecule has 1 aliphatic heterocycles. The molecule has 2 aromatic carbocycles. The van der Waals surface area contributed by atoms with Gasteiger partial charge in [-0.2, -0.15) is 0 Å². The lowest BCUT2D eigenvalue weighted by Crippen LogP contribution is -2.35. The Labute approximate surface area is 155 Å². The standard InChI is InChI=1S/C19H16Cl2N2O2/c1-25-12-3-5-17-13(9-12)14-10-23(7-6-18(14)22-17)19(24)11-2-4-15(20)16(21)8-11/h2-5,8-9,22H,6-7,10H2,1H3. The Bertz CT molecular complexity index is 981. The van der Waals surface area contributed by atoms with Crippen LogP contribution >= 0.6 is 23.2 Å². The molecular formula is C19H16Cl2N2O2. The third-order valence-electron chi connectivity index (χ3n) is 4.64. The van der Waals surface area contributed by atoms with Crippen molar-refractivity contribution in [3.63, 3.8) is 0 Å². The summed E-state index contributed by atoms with van der Waals surface area (Å²) >= 11 is 12.0. The maximum atomic E-state index is 12.8. The second-order valence-corrected chi connectivity index (χ2v) is 6.91. The van der Waals surface area contributed by atoms with Crippen LogP contribution in [-0.4, -0.2) is 29.4 Å². The van der Waals surface area contributed by atoms with Crippen LogP contribution in [0, 0.1) is 0 Å². The number of nitrogens with zero attached hydrogens (tertiary/aromatic N) is 1. The van der Waals surface area contributed by atoms with Gasteiger partial charge >= 0.3 is 0 Å². The van der Waals surface area contributed by atoms with Crippen molar-refractivity contribution in [2.45, 2.75) is 13.0 Å². The molecule has 0 radical (unpaired) electrons. The van der Waals surface area contributed by atoms with Gasteiger partial charge < -0.3 is 14.6 Å². The van der Waals surface area contributed by atoms with Crippen molar-refractivity contribution in [2.75, 3.05) is 13.7 Å². The molecule has 6 heteroatoms. The number of ether oxygens (including phenoxy) is 1. The van der Waals surface area contributed by atoms with Gasteiger partial charge in [0.2, 0.25) is 0 Å². The van der Waals surface area contributed by atoms with Gasteiger partial charge in [0, 0.05) is 47.2 Å². The zero-order valence-electron chi connectivity index (χ0n) is 13.6. The number of methoxy groups -OCH3 is 1. The van der Waals surface area contributed by atoms with Crippen LogP contribution in [0.4, 0.5) is 0 Å². The highest BCUT2D eigenvalue weighted by atomic mass is 35.5. The number of H-pyrrole nitrogens is 1. The maximum absolute atomic E-state index is 12.8. The van der Waals surface area contributed by atoms with Gasteiger partial charge in [-0.1, -0.05) is 23.2 Å². The first-order valence-corrected chi connectivity index (χ1v) is 8.74. The van der Waals surface area contributed by atoms with Gasteiger partial charge in [-0.15, -0.1) is 0 Å². The summed E-state index contributed by atoms with van der Waals surface area (Å²) in [5.74, 6) is 0.767. The van der Waals surface area contributed by atoms with Gasteiger partial charge in [-0.05, 0) is 36.4 Å². The van der Waals surface area contributed by atoms with Gasteiger partial charge in [0.15, 0.2) is 0 Å². The highest BCUT2D eigenvalue weighted by molar-refractivity contribution is 6.42. The number of aromatic nitrogens is 1. The number of carbonyl (C=O) groups excluding carboxylic acids is 1. The van der Waals surface area contributed by atoms with Crippen molar-refractivity contribution >= 4 is 40.0 Å². The Balaban J connectivity index is 1.67. The largest absolute Gasteiger partial charge is 0.497 e. The van der Waals surface area contributed by atoms with Crippen molar-refractivity contribution in [2.24, 2.45) is 0 Å². The van der Waals surface area contributed by atoms with Crippen LogP contribution in [0.1, 0.15) is 21.6 Å². The van der Waals surface area contributed by atoms with Gasteiger partial charge in [0.25, 0.3) is 5.91 Å². The second-order valence-electron chi connectivity index (χ2n) is 6.10. The number of fused-ring (bicyclic) bond motifs is 3. The average Bonchev–Trinajstić information content (AvgIpc) is 3.00. The van der Waals surface area contributed by atoms with E-state index in [1.54, 1.807) is 25.3 Å². The predicted octanol–water partition coefficient (Wildman–Crippen LogP) is 4.68. The third-order valence-corrected chi connectivity index (χ3v) is 5.38. The van der Waals surface area contributed by atoms with Crippen LogP contribution in [0.15, 0.2) is 36.4 Å². The molecule has 0 spiro atoms. The topological polar surface area (TPSA) is 45.3 Å². The van der Waals surface area contributed by atoms with E-state index >= 15 is 0 Å². The summed E-state index contributed by atoms with van der Waals surface area (Å²) in [4.78, 5) is 18.1. The molecule has 128 valence electrons. The molecule has 0 bridgehead atoms. The summed E-state index contributed by atoms with van der Waals surface area (Å²) in [6.07, 6.45) is 0.791. The Morgan fingerprint density at radius 2 is 2.00 bits per heavy atom. The minimum absolute atomic E-state index is 0.0403. The number of amides is 1. The monoisotopic (exact) mass is 374 g/mol. The minimum Gasteiger partial charge on any atom is -0.497 e. The van der Waals surface area contributed by atoms with E-state index in [1.807, 2.05) is 23.1 Å². The molecule has 2 heterocycles. The first-order chi connectivity index (χ1) is 12.1. The Morgan fingerprint density at radius 3 is 2.76 bits per heavy atom. The summed E-state index contributed by atoms with van der Waals surface area (Å²) in [6.45, 7) is 1.22. The highest BCUT2D eigenvalue weighted by Gasteiger charge is 2.25. The van der Waals surface area contributed by atoms with Crippen LogP contribution in [0.2, 0.25) is 10.0 Å². The van der Waals surface area contributed by atoms with Gasteiger partial charge in [0.1, 0.15) is 5.75 Å². The van der Waals surface area contributed by atoms with Crippen LogP contribution in [0.5, 0.6) is 5.75 Å². The molecule has 0 saturated carbocycles. The van der Waals surface area contributed by atoms with Gasteiger partial charge in [-0.25, -0.2) is 0 Å². The number of nitrogens with one attached hydrogen (secondary N) is 1. The Hall–Kier alpha value is -2.17. The first kappa shape index (κ1) is 16.3. The lowest BCUT2D eigenvalue weighted by Gasteiger charge is -2.27. The lowest BCUT2D eigenvalue weighted by molar-refractivity contribution is 0.0735. The van der Waals surface area contributed by atoms with E-state index in [9.17, 15) is 4.79 Å². The van der Waals surface area contributed by atoms with Crippen LogP contribution in [-0.2, 0) is 13.0 Å². The van der Waals surface area contributed by atoms with E-state index in [-0.39, 0.29) is 5.91 Å². The molecule has 25 heavy (non-hydrogen) atoms. The molecule has 3 aromatic rings. The van der Waals surface area contributed by atoms with E-state index < -0.39 is 0 Å². The number of halogens is 2. The van der Waals surface area contributed by atoms with Gasteiger partial charge in [0.05, 0.1) is 17.2 Å².